The zero-order valence-electron chi connectivity index (χ0n) is 10.1. The lowest BCUT2D eigenvalue weighted by Gasteiger charge is -2.53. The van der Waals surface area contributed by atoms with Gasteiger partial charge in [0.2, 0.25) is 0 Å². The lowest BCUT2D eigenvalue weighted by atomic mass is 9.76. The van der Waals surface area contributed by atoms with Crippen molar-refractivity contribution in [2.45, 2.75) is 50.2 Å². The minimum Gasteiger partial charge on any atom is -0.369 e. The second kappa shape index (κ2) is 4.63. The van der Waals surface area contributed by atoms with Crippen LogP contribution >= 0.6 is 0 Å². The molecule has 3 nitrogen and oxygen atoms in total. The summed E-state index contributed by atoms with van der Waals surface area (Å²) >= 11 is 0. The molecule has 0 bridgehead atoms. The molecule has 0 amide bonds. The molecule has 0 aromatic carbocycles. The van der Waals surface area contributed by atoms with Crippen LogP contribution in [-0.2, 0) is 4.74 Å². The molecule has 0 aromatic heterocycles. The number of nitrogens with one attached hydrogen (secondary N) is 2. The maximum absolute atomic E-state index is 6.08. The number of rotatable bonds is 1. The van der Waals surface area contributed by atoms with Gasteiger partial charge in [0.15, 0.2) is 0 Å². The molecule has 92 valence electrons. The summed E-state index contributed by atoms with van der Waals surface area (Å²) in [5.74, 6) is 0.852. The van der Waals surface area contributed by atoms with Crippen molar-refractivity contribution < 1.29 is 4.74 Å². The van der Waals surface area contributed by atoms with Crippen LogP contribution in [0.15, 0.2) is 0 Å². The summed E-state index contributed by atoms with van der Waals surface area (Å²) in [6.45, 7) is 4.05. The van der Waals surface area contributed by atoms with Crippen LogP contribution in [0.25, 0.3) is 0 Å². The standard InChI is InChI=1S/C13H24N2O/c1-2-4-6-11(5-3-1)12-13(9-14-10-13)16-8-7-15-12/h11-12,14-15H,1-10H2. The monoisotopic (exact) mass is 224 g/mol. The van der Waals surface area contributed by atoms with Crippen LogP contribution in [0, 0.1) is 5.92 Å². The first-order valence-corrected chi connectivity index (χ1v) is 6.99. The molecular formula is C13H24N2O. The molecule has 2 aliphatic heterocycles. The molecule has 1 aliphatic carbocycles. The molecule has 16 heavy (non-hydrogen) atoms. The summed E-state index contributed by atoms with van der Waals surface area (Å²) in [6, 6.07) is 0.612. The molecule has 3 heteroatoms. The number of ether oxygens (including phenoxy) is 1. The highest BCUT2D eigenvalue weighted by atomic mass is 16.5. The van der Waals surface area contributed by atoms with Gasteiger partial charge >= 0.3 is 0 Å². The van der Waals surface area contributed by atoms with Gasteiger partial charge in [-0.2, -0.15) is 0 Å². The minimum absolute atomic E-state index is 0.146. The van der Waals surface area contributed by atoms with E-state index >= 15 is 0 Å². The van der Waals surface area contributed by atoms with E-state index in [4.69, 9.17) is 4.74 Å². The largest absolute Gasteiger partial charge is 0.369 e. The van der Waals surface area contributed by atoms with E-state index in [1.807, 2.05) is 0 Å². The molecule has 3 rings (SSSR count). The highest BCUT2D eigenvalue weighted by molar-refractivity contribution is 5.07. The fourth-order valence-electron chi connectivity index (χ4n) is 3.68. The summed E-state index contributed by atoms with van der Waals surface area (Å²) in [7, 11) is 0. The molecule has 0 aromatic rings. The van der Waals surface area contributed by atoms with Gasteiger partial charge in [-0.05, 0) is 18.8 Å². The van der Waals surface area contributed by atoms with Gasteiger partial charge in [-0.3, -0.25) is 0 Å². The van der Waals surface area contributed by atoms with E-state index in [1.165, 1.54) is 38.5 Å². The van der Waals surface area contributed by atoms with Gasteiger partial charge in [-0.1, -0.05) is 25.7 Å². The van der Waals surface area contributed by atoms with Crippen LogP contribution in [0.4, 0.5) is 0 Å². The molecule has 0 radical (unpaired) electrons. The second-order valence-corrected chi connectivity index (χ2v) is 5.70. The van der Waals surface area contributed by atoms with E-state index in [9.17, 15) is 0 Å². The fourth-order valence-corrected chi connectivity index (χ4v) is 3.68. The summed E-state index contributed by atoms with van der Waals surface area (Å²) < 4.78 is 6.08. The van der Waals surface area contributed by atoms with E-state index in [0.29, 0.717) is 6.04 Å². The predicted octanol–water partition coefficient (Wildman–Crippen LogP) is 1.29. The van der Waals surface area contributed by atoms with Gasteiger partial charge in [0.05, 0.1) is 6.61 Å². The lowest BCUT2D eigenvalue weighted by molar-refractivity contribution is -0.140. The van der Waals surface area contributed by atoms with Crippen LogP contribution in [-0.4, -0.2) is 37.9 Å². The normalized spacial score (nSPS) is 35.6. The fraction of sp³-hybridized carbons (Fsp3) is 1.00. The molecule has 2 heterocycles. The summed E-state index contributed by atoms with van der Waals surface area (Å²) in [4.78, 5) is 0. The Morgan fingerprint density at radius 1 is 1.00 bits per heavy atom. The van der Waals surface area contributed by atoms with E-state index in [2.05, 4.69) is 10.6 Å². The maximum Gasteiger partial charge on any atom is 0.108 e. The summed E-state index contributed by atoms with van der Waals surface area (Å²) in [6.07, 6.45) is 8.54. The molecule has 1 atom stereocenters. The topological polar surface area (TPSA) is 33.3 Å². The smallest absolute Gasteiger partial charge is 0.108 e. The lowest BCUT2D eigenvalue weighted by Crippen LogP contribution is -2.74. The molecular weight excluding hydrogens is 200 g/mol. The molecule has 2 N–H and O–H groups in total. The number of hydrogen-bond acceptors (Lipinski definition) is 3. The van der Waals surface area contributed by atoms with Crippen molar-refractivity contribution in [1.29, 1.82) is 0 Å². The first-order valence-electron chi connectivity index (χ1n) is 6.99. The Morgan fingerprint density at radius 2 is 1.75 bits per heavy atom. The van der Waals surface area contributed by atoms with Crippen molar-refractivity contribution >= 4 is 0 Å². The minimum atomic E-state index is 0.146. The van der Waals surface area contributed by atoms with Gasteiger partial charge in [-0.15, -0.1) is 0 Å². The van der Waals surface area contributed by atoms with Crippen molar-refractivity contribution in [3.8, 4) is 0 Å². The maximum atomic E-state index is 6.08. The quantitative estimate of drug-likeness (QED) is 0.658. The van der Waals surface area contributed by atoms with Gasteiger partial charge in [0, 0.05) is 25.7 Å². The first kappa shape index (κ1) is 11.0. The highest BCUT2D eigenvalue weighted by Crippen LogP contribution is 2.35. The summed E-state index contributed by atoms with van der Waals surface area (Å²) in [5, 5.41) is 7.14. The summed E-state index contributed by atoms with van der Waals surface area (Å²) in [5.41, 5.74) is 0.146. The van der Waals surface area contributed by atoms with Crippen molar-refractivity contribution in [2.24, 2.45) is 5.92 Å². The third-order valence-corrected chi connectivity index (χ3v) is 4.64. The van der Waals surface area contributed by atoms with Crippen molar-refractivity contribution in [1.82, 2.24) is 10.6 Å². The molecule has 3 fully saturated rings. The van der Waals surface area contributed by atoms with Crippen LogP contribution in [0.3, 0.4) is 0 Å². The Kier molecular flexibility index (Phi) is 3.18. The number of hydrogen-bond donors (Lipinski definition) is 2. The Labute approximate surface area is 98.3 Å². The third-order valence-electron chi connectivity index (χ3n) is 4.64. The van der Waals surface area contributed by atoms with Crippen LogP contribution in [0.1, 0.15) is 38.5 Å². The number of morpholine rings is 1. The van der Waals surface area contributed by atoms with E-state index in [1.54, 1.807) is 0 Å². The average Bonchev–Trinajstić information content (AvgIpc) is 2.55. The van der Waals surface area contributed by atoms with E-state index in [-0.39, 0.29) is 5.60 Å². The van der Waals surface area contributed by atoms with Crippen LogP contribution in [0.5, 0.6) is 0 Å². The first-order chi connectivity index (χ1) is 7.91. The van der Waals surface area contributed by atoms with Gasteiger partial charge in [0.25, 0.3) is 0 Å². The van der Waals surface area contributed by atoms with Crippen molar-refractivity contribution in [3.63, 3.8) is 0 Å². The van der Waals surface area contributed by atoms with Gasteiger partial charge in [0.1, 0.15) is 5.60 Å². The Morgan fingerprint density at radius 3 is 2.38 bits per heavy atom. The Bertz CT molecular complexity index is 232. The second-order valence-electron chi connectivity index (χ2n) is 5.70. The van der Waals surface area contributed by atoms with Gasteiger partial charge < -0.3 is 15.4 Å². The van der Waals surface area contributed by atoms with Crippen LogP contribution in [0.2, 0.25) is 0 Å². The van der Waals surface area contributed by atoms with Crippen LogP contribution < -0.4 is 10.6 Å². The SMILES string of the molecule is C1CCCC(C2NCCOC23CNC3)CC1. The highest BCUT2D eigenvalue weighted by Gasteiger charge is 2.49. The van der Waals surface area contributed by atoms with Crippen molar-refractivity contribution in [2.75, 3.05) is 26.2 Å². The molecule has 3 aliphatic rings. The molecule has 1 unspecified atom stereocenters. The predicted molar refractivity (Wildman–Crippen MR) is 64.5 cm³/mol. The third kappa shape index (κ3) is 1.89. The van der Waals surface area contributed by atoms with Crippen molar-refractivity contribution in [3.05, 3.63) is 0 Å². The zero-order chi connectivity index (χ0) is 10.8. The van der Waals surface area contributed by atoms with E-state index in [0.717, 1.165) is 32.2 Å². The Balaban J connectivity index is 1.70. The Hall–Kier alpha value is -0.120. The molecule has 2 saturated heterocycles. The van der Waals surface area contributed by atoms with Gasteiger partial charge in [-0.25, -0.2) is 0 Å². The average molecular weight is 224 g/mol. The molecule has 1 spiro atoms. The van der Waals surface area contributed by atoms with E-state index < -0.39 is 0 Å². The molecule has 1 saturated carbocycles. The zero-order valence-corrected chi connectivity index (χ0v) is 10.1.